The van der Waals surface area contributed by atoms with Gasteiger partial charge in [0.15, 0.2) is 9.84 Å². The van der Waals surface area contributed by atoms with Gasteiger partial charge in [0.05, 0.1) is 18.1 Å². The van der Waals surface area contributed by atoms with Crippen molar-refractivity contribution in [3.8, 4) is 0 Å². The highest BCUT2D eigenvalue weighted by Crippen LogP contribution is 2.23. The van der Waals surface area contributed by atoms with Gasteiger partial charge in [0.2, 0.25) is 5.91 Å². The van der Waals surface area contributed by atoms with Gasteiger partial charge in [-0.1, -0.05) is 6.92 Å². The van der Waals surface area contributed by atoms with Crippen LogP contribution < -0.4 is 5.32 Å². The maximum Gasteiger partial charge on any atom is 0.226 e. The van der Waals surface area contributed by atoms with Crippen LogP contribution in [0.3, 0.4) is 0 Å². The van der Waals surface area contributed by atoms with Crippen LogP contribution in [0.5, 0.6) is 0 Å². The molecule has 2 aliphatic rings. The summed E-state index contributed by atoms with van der Waals surface area (Å²) in [5, 5.41) is 12.2. The van der Waals surface area contributed by atoms with Gasteiger partial charge in [-0.05, 0) is 25.4 Å². The van der Waals surface area contributed by atoms with Crippen LogP contribution in [0.25, 0.3) is 0 Å². The van der Waals surface area contributed by atoms with E-state index in [2.05, 4.69) is 5.32 Å². The van der Waals surface area contributed by atoms with Crippen molar-refractivity contribution in [3.63, 3.8) is 0 Å². The first-order chi connectivity index (χ1) is 8.94. The zero-order valence-electron chi connectivity index (χ0n) is 11.2. The summed E-state index contributed by atoms with van der Waals surface area (Å²) in [4.78, 5) is 14.0. The molecular formula is C12H22N2O4S. The van der Waals surface area contributed by atoms with Crippen LogP contribution in [0.1, 0.15) is 13.3 Å². The van der Waals surface area contributed by atoms with Gasteiger partial charge >= 0.3 is 0 Å². The number of hydrogen-bond donors (Lipinski definition) is 2. The predicted molar refractivity (Wildman–Crippen MR) is 71.4 cm³/mol. The molecule has 0 saturated carbocycles. The van der Waals surface area contributed by atoms with Crippen molar-refractivity contribution in [3.05, 3.63) is 0 Å². The molecule has 110 valence electrons. The van der Waals surface area contributed by atoms with Crippen molar-refractivity contribution in [1.82, 2.24) is 10.2 Å². The van der Waals surface area contributed by atoms with E-state index in [1.165, 1.54) is 0 Å². The fourth-order valence-corrected chi connectivity index (χ4v) is 4.46. The molecular weight excluding hydrogens is 268 g/mol. The minimum Gasteiger partial charge on any atom is -0.395 e. The second kappa shape index (κ2) is 5.76. The molecule has 2 rings (SSSR count). The molecule has 2 aliphatic heterocycles. The number of amides is 1. The summed E-state index contributed by atoms with van der Waals surface area (Å²) < 4.78 is 23.1. The summed E-state index contributed by atoms with van der Waals surface area (Å²) in [5.74, 6) is 0.367. The standard InChI is InChI=1S/C12H22N2O4S/c1-9(10-6-13-7-10)12(16)14(3-4-15)11-2-5-19(17,18)8-11/h9-11,13,15H,2-8H2,1H3. The van der Waals surface area contributed by atoms with Crippen LogP contribution in [-0.4, -0.2) is 68.1 Å². The van der Waals surface area contributed by atoms with Crippen molar-refractivity contribution < 1.29 is 18.3 Å². The van der Waals surface area contributed by atoms with Crippen molar-refractivity contribution in [2.24, 2.45) is 11.8 Å². The Morgan fingerprint density at radius 3 is 2.58 bits per heavy atom. The van der Waals surface area contributed by atoms with Crippen molar-refractivity contribution in [2.75, 3.05) is 37.7 Å². The summed E-state index contributed by atoms with van der Waals surface area (Å²) in [6.45, 7) is 3.66. The van der Waals surface area contributed by atoms with E-state index in [-0.39, 0.29) is 42.5 Å². The molecule has 0 aliphatic carbocycles. The van der Waals surface area contributed by atoms with E-state index in [1.807, 2.05) is 6.92 Å². The Labute approximate surface area is 114 Å². The van der Waals surface area contributed by atoms with Gasteiger partial charge in [-0.25, -0.2) is 8.42 Å². The molecule has 2 saturated heterocycles. The van der Waals surface area contributed by atoms with E-state index in [1.54, 1.807) is 4.90 Å². The average Bonchev–Trinajstić information content (AvgIpc) is 2.63. The molecule has 2 heterocycles. The van der Waals surface area contributed by atoms with Crippen molar-refractivity contribution in [2.45, 2.75) is 19.4 Å². The highest BCUT2D eigenvalue weighted by atomic mass is 32.2. The molecule has 2 unspecified atom stereocenters. The van der Waals surface area contributed by atoms with Crippen molar-refractivity contribution >= 4 is 15.7 Å². The number of nitrogens with one attached hydrogen (secondary N) is 1. The topological polar surface area (TPSA) is 86.7 Å². The van der Waals surface area contributed by atoms with E-state index in [9.17, 15) is 13.2 Å². The lowest BCUT2D eigenvalue weighted by atomic mass is 9.87. The normalized spacial score (nSPS) is 27.8. The predicted octanol–water partition coefficient (Wildman–Crippen LogP) is -1.15. The Morgan fingerprint density at radius 2 is 2.16 bits per heavy atom. The zero-order chi connectivity index (χ0) is 14.0. The molecule has 7 heteroatoms. The van der Waals surface area contributed by atoms with E-state index >= 15 is 0 Å². The number of hydrogen-bond acceptors (Lipinski definition) is 5. The SMILES string of the molecule is CC(C(=O)N(CCO)C1CCS(=O)(=O)C1)C1CNC1. The number of rotatable bonds is 5. The summed E-state index contributed by atoms with van der Waals surface area (Å²) in [7, 11) is -3.02. The Morgan fingerprint density at radius 1 is 1.47 bits per heavy atom. The lowest BCUT2D eigenvalue weighted by Crippen LogP contribution is -2.53. The third-order valence-electron chi connectivity index (χ3n) is 4.18. The highest BCUT2D eigenvalue weighted by Gasteiger charge is 2.38. The van der Waals surface area contributed by atoms with Gasteiger partial charge < -0.3 is 15.3 Å². The Bertz CT molecular complexity index is 433. The lowest BCUT2D eigenvalue weighted by molar-refractivity contribution is -0.139. The maximum atomic E-state index is 12.5. The lowest BCUT2D eigenvalue weighted by Gasteiger charge is -2.36. The van der Waals surface area contributed by atoms with Gasteiger partial charge in [-0.2, -0.15) is 0 Å². The number of sulfone groups is 1. The molecule has 0 aromatic carbocycles. The average molecular weight is 290 g/mol. The van der Waals surface area contributed by atoms with Crippen LogP contribution >= 0.6 is 0 Å². The molecule has 2 N–H and O–H groups in total. The molecule has 0 bridgehead atoms. The van der Waals surface area contributed by atoms with Crippen LogP contribution in [0, 0.1) is 11.8 Å². The summed E-state index contributed by atoms with van der Waals surface area (Å²) in [5.41, 5.74) is 0. The van der Waals surface area contributed by atoms with E-state index in [0.29, 0.717) is 12.3 Å². The van der Waals surface area contributed by atoms with Crippen LogP contribution in [0.2, 0.25) is 0 Å². The third-order valence-corrected chi connectivity index (χ3v) is 5.93. The fraction of sp³-hybridized carbons (Fsp3) is 0.917. The van der Waals surface area contributed by atoms with Crippen LogP contribution in [0.4, 0.5) is 0 Å². The zero-order valence-corrected chi connectivity index (χ0v) is 12.0. The Kier molecular flexibility index (Phi) is 4.47. The molecule has 0 aromatic rings. The first kappa shape index (κ1) is 14.7. The first-order valence-electron chi connectivity index (χ1n) is 6.77. The van der Waals surface area contributed by atoms with E-state index in [0.717, 1.165) is 13.1 Å². The molecule has 6 nitrogen and oxygen atoms in total. The summed E-state index contributed by atoms with van der Waals surface area (Å²) in [6, 6.07) is -0.264. The smallest absolute Gasteiger partial charge is 0.226 e. The maximum absolute atomic E-state index is 12.5. The second-order valence-electron chi connectivity index (χ2n) is 5.52. The van der Waals surface area contributed by atoms with Gasteiger partial charge in [0, 0.05) is 18.5 Å². The minimum atomic E-state index is -3.02. The quantitative estimate of drug-likeness (QED) is 0.668. The molecule has 0 aromatic heterocycles. The minimum absolute atomic E-state index is 0.0253. The first-order valence-corrected chi connectivity index (χ1v) is 8.59. The Balaban J connectivity index is 2.04. The van der Waals surface area contributed by atoms with E-state index in [4.69, 9.17) is 5.11 Å². The largest absolute Gasteiger partial charge is 0.395 e. The third kappa shape index (κ3) is 3.27. The summed E-state index contributed by atoms with van der Waals surface area (Å²) in [6.07, 6.45) is 0.490. The molecule has 0 spiro atoms. The highest BCUT2D eigenvalue weighted by molar-refractivity contribution is 7.91. The monoisotopic (exact) mass is 290 g/mol. The van der Waals surface area contributed by atoms with Gasteiger partial charge in [-0.15, -0.1) is 0 Å². The fourth-order valence-electron chi connectivity index (χ4n) is 2.73. The number of carbonyl (C=O) groups excluding carboxylic acids is 1. The van der Waals surface area contributed by atoms with E-state index < -0.39 is 9.84 Å². The van der Waals surface area contributed by atoms with Gasteiger partial charge in [-0.3, -0.25) is 4.79 Å². The van der Waals surface area contributed by atoms with Crippen LogP contribution in [0.15, 0.2) is 0 Å². The van der Waals surface area contributed by atoms with Gasteiger partial charge in [0.1, 0.15) is 0 Å². The number of nitrogens with zero attached hydrogens (tertiary/aromatic N) is 1. The van der Waals surface area contributed by atoms with Crippen LogP contribution in [-0.2, 0) is 14.6 Å². The second-order valence-corrected chi connectivity index (χ2v) is 7.75. The van der Waals surface area contributed by atoms with Gasteiger partial charge in [0.25, 0.3) is 0 Å². The number of carbonyl (C=O) groups is 1. The molecule has 19 heavy (non-hydrogen) atoms. The number of aliphatic hydroxyl groups excluding tert-OH is 1. The molecule has 2 fully saturated rings. The van der Waals surface area contributed by atoms with Crippen molar-refractivity contribution in [1.29, 1.82) is 0 Å². The molecule has 0 radical (unpaired) electrons. The summed E-state index contributed by atoms with van der Waals surface area (Å²) >= 11 is 0. The number of aliphatic hydroxyl groups is 1. The molecule has 1 amide bonds. The Hall–Kier alpha value is -0.660. The molecule has 2 atom stereocenters.